The molecule has 0 fully saturated rings. The molecule has 21 heavy (non-hydrogen) atoms. The summed E-state index contributed by atoms with van der Waals surface area (Å²) in [6, 6.07) is 10.3. The van der Waals surface area contributed by atoms with E-state index in [9.17, 15) is 5.11 Å². The van der Waals surface area contributed by atoms with Crippen molar-refractivity contribution >= 4 is 23.5 Å². The van der Waals surface area contributed by atoms with Gasteiger partial charge in [-0.25, -0.2) is 0 Å². The smallest absolute Gasteiger partial charge is 0.163 e. The van der Waals surface area contributed by atoms with Crippen LogP contribution in [0, 0.1) is 0 Å². The van der Waals surface area contributed by atoms with Crippen molar-refractivity contribution in [2.45, 2.75) is 6.42 Å². The zero-order valence-corrected chi connectivity index (χ0v) is 12.0. The van der Waals surface area contributed by atoms with Gasteiger partial charge in [0.2, 0.25) is 0 Å². The molecule has 108 valence electrons. The number of aromatic hydroxyl groups is 1. The second-order valence-electron chi connectivity index (χ2n) is 4.64. The molecule has 4 nitrogen and oxygen atoms in total. The molecule has 0 aliphatic carbocycles. The van der Waals surface area contributed by atoms with Gasteiger partial charge >= 0.3 is 0 Å². The van der Waals surface area contributed by atoms with Crippen LogP contribution in [0.1, 0.15) is 12.0 Å². The highest BCUT2D eigenvalue weighted by molar-refractivity contribution is 6.30. The Labute approximate surface area is 127 Å². The van der Waals surface area contributed by atoms with Gasteiger partial charge in [0.15, 0.2) is 11.5 Å². The van der Waals surface area contributed by atoms with Gasteiger partial charge in [-0.05, 0) is 30.3 Å². The predicted molar refractivity (Wildman–Crippen MR) is 82.4 cm³/mol. The van der Waals surface area contributed by atoms with Gasteiger partial charge in [0, 0.05) is 29.3 Å². The van der Waals surface area contributed by atoms with Crippen molar-refractivity contribution in [3.8, 4) is 17.2 Å². The van der Waals surface area contributed by atoms with Gasteiger partial charge in [0.1, 0.15) is 5.75 Å². The Kier molecular flexibility index (Phi) is 3.97. The average molecular weight is 304 g/mol. The number of nitrogens with zero attached hydrogens (tertiary/aromatic N) is 1. The SMILES string of the molecule is Oc1ccc(Cl)cc1C=Nc1ccc2c(c1)OCCCO2. The second-order valence-corrected chi connectivity index (χ2v) is 5.08. The Morgan fingerprint density at radius 3 is 2.71 bits per heavy atom. The number of hydrogen-bond acceptors (Lipinski definition) is 4. The summed E-state index contributed by atoms with van der Waals surface area (Å²) < 4.78 is 11.2. The molecular formula is C16H14ClNO3. The lowest BCUT2D eigenvalue weighted by atomic mass is 10.2. The summed E-state index contributed by atoms with van der Waals surface area (Å²) in [5.74, 6) is 1.56. The maximum Gasteiger partial charge on any atom is 0.163 e. The van der Waals surface area contributed by atoms with Gasteiger partial charge in [-0.3, -0.25) is 4.99 Å². The Morgan fingerprint density at radius 2 is 1.86 bits per heavy atom. The van der Waals surface area contributed by atoms with Crippen LogP contribution in [-0.2, 0) is 0 Å². The number of halogens is 1. The van der Waals surface area contributed by atoms with Crippen LogP contribution in [0.25, 0.3) is 0 Å². The fraction of sp³-hybridized carbons (Fsp3) is 0.188. The van der Waals surface area contributed by atoms with E-state index in [2.05, 4.69) is 4.99 Å². The summed E-state index contributed by atoms with van der Waals surface area (Å²) in [4.78, 5) is 4.34. The van der Waals surface area contributed by atoms with E-state index < -0.39 is 0 Å². The van der Waals surface area contributed by atoms with Crippen LogP contribution in [0.15, 0.2) is 41.4 Å². The minimum atomic E-state index is 0.137. The number of phenols is 1. The lowest BCUT2D eigenvalue weighted by Gasteiger charge is -2.07. The molecule has 0 saturated heterocycles. The Morgan fingerprint density at radius 1 is 1.05 bits per heavy atom. The van der Waals surface area contributed by atoms with Crippen LogP contribution in [0.2, 0.25) is 5.02 Å². The van der Waals surface area contributed by atoms with Gasteiger partial charge < -0.3 is 14.6 Å². The van der Waals surface area contributed by atoms with Crippen molar-refractivity contribution in [3.63, 3.8) is 0 Å². The summed E-state index contributed by atoms with van der Waals surface area (Å²) in [7, 11) is 0. The highest BCUT2D eigenvalue weighted by atomic mass is 35.5. The predicted octanol–water partition coefficient (Wildman–Crippen LogP) is 3.96. The number of ether oxygens (including phenoxy) is 2. The van der Waals surface area contributed by atoms with Gasteiger partial charge in [-0.2, -0.15) is 0 Å². The normalized spacial score (nSPS) is 14.1. The molecule has 0 amide bonds. The standard InChI is InChI=1S/C16H14ClNO3/c17-12-2-4-14(19)11(8-12)10-18-13-3-5-15-16(9-13)21-7-1-6-20-15/h2-5,8-10,19H,1,6-7H2. The summed E-state index contributed by atoms with van der Waals surface area (Å²) in [5, 5.41) is 10.3. The van der Waals surface area contributed by atoms with Gasteiger partial charge in [-0.1, -0.05) is 11.6 Å². The zero-order valence-electron chi connectivity index (χ0n) is 11.3. The molecule has 0 aromatic heterocycles. The van der Waals surface area contributed by atoms with Crippen molar-refractivity contribution in [1.29, 1.82) is 0 Å². The van der Waals surface area contributed by atoms with E-state index in [1.54, 1.807) is 18.3 Å². The molecular weight excluding hydrogens is 290 g/mol. The molecule has 5 heteroatoms. The number of phenolic OH excluding ortho intramolecular Hbond substituents is 1. The molecule has 0 bridgehead atoms. The van der Waals surface area contributed by atoms with E-state index in [-0.39, 0.29) is 5.75 Å². The minimum absolute atomic E-state index is 0.137. The molecule has 1 N–H and O–H groups in total. The Hall–Kier alpha value is -2.20. The first kappa shape index (κ1) is 13.8. The fourth-order valence-corrected chi connectivity index (χ4v) is 2.19. The van der Waals surface area contributed by atoms with Crippen LogP contribution in [0.3, 0.4) is 0 Å². The maximum absolute atomic E-state index is 9.75. The summed E-state index contributed by atoms with van der Waals surface area (Å²) in [6.07, 6.45) is 2.43. The average Bonchev–Trinajstić information content (AvgIpc) is 2.73. The monoisotopic (exact) mass is 303 g/mol. The van der Waals surface area contributed by atoms with Crippen LogP contribution >= 0.6 is 11.6 Å². The summed E-state index contributed by atoms with van der Waals surface area (Å²) >= 11 is 5.90. The lowest BCUT2D eigenvalue weighted by molar-refractivity contribution is 0.297. The van der Waals surface area contributed by atoms with E-state index in [0.717, 1.165) is 17.9 Å². The van der Waals surface area contributed by atoms with Gasteiger partial charge in [-0.15, -0.1) is 0 Å². The van der Waals surface area contributed by atoms with Crippen molar-refractivity contribution < 1.29 is 14.6 Å². The highest BCUT2D eigenvalue weighted by Gasteiger charge is 2.10. The fourth-order valence-electron chi connectivity index (χ4n) is 2.01. The van der Waals surface area contributed by atoms with Gasteiger partial charge in [0.05, 0.1) is 18.9 Å². The van der Waals surface area contributed by atoms with Crippen LogP contribution < -0.4 is 9.47 Å². The molecule has 1 aliphatic heterocycles. The molecule has 0 spiro atoms. The Bertz CT molecular complexity index is 685. The summed E-state index contributed by atoms with van der Waals surface area (Å²) in [5.41, 5.74) is 1.29. The summed E-state index contributed by atoms with van der Waals surface area (Å²) in [6.45, 7) is 1.29. The topological polar surface area (TPSA) is 51.1 Å². The van der Waals surface area contributed by atoms with Crippen molar-refractivity contribution in [1.82, 2.24) is 0 Å². The zero-order chi connectivity index (χ0) is 14.7. The van der Waals surface area contributed by atoms with Crippen molar-refractivity contribution in [3.05, 3.63) is 47.0 Å². The van der Waals surface area contributed by atoms with Crippen LogP contribution in [0.4, 0.5) is 5.69 Å². The van der Waals surface area contributed by atoms with Crippen molar-refractivity contribution in [2.75, 3.05) is 13.2 Å². The first-order valence-corrected chi connectivity index (χ1v) is 7.02. The third kappa shape index (κ3) is 3.28. The molecule has 2 aromatic rings. The molecule has 0 saturated carbocycles. The van der Waals surface area contributed by atoms with Crippen LogP contribution in [0.5, 0.6) is 17.2 Å². The third-order valence-electron chi connectivity index (χ3n) is 3.07. The largest absolute Gasteiger partial charge is 0.507 e. The molecule has 3 rings (SSSR count). The lowest BCUT2D eigenvalue weighted by Crippen LogP contribution is -1.97. The van der Waals surface area contributed by atoms with E-state index >= 15 is 0 Å². The second kappa shape index (κ2) is 6.06. The molecule has 1 aliphatic rings. The van der Waals surface area contributed by atoms with E-state index in [4.69, 9.17) is 21.1 Å². The molecule has 1 heterocycles. The highest BCUT2D eigenvalue weighted by Crippen LogP contribution is 2.33. The van der Waals surface area contributed by atoms with Crippen molar-refractivity contribution in [2.24, 2.45) is 4.99 Å². The quantitative estimate of drug-likeness (QED) is 0.854. The minimum Gasteiger partial charge on any atom is -0.507 e. The molecule has 0 atom stereocenters. The molecule has 0 unspecified atom stereocenters. The molecule has 0 radical (unpaired) electrons. The van der Waals surface area contributed by atoms with Crippen LogP contribution in [-0.4, -0.2) is 24.5 Å². The van der Waals surface area contributed by atoms with Gasteiger partial charge in [0.25, 0.3) is 0 Å². The first-order chi connectivity index (χ1) is 10.2. The van der Waals surface area contributed by atoms with E-state index in [0.29, 0.717) is 29.5 Å². The van der Waals surface area contributed by atoms with E-state index in [1.165, 1.54) is 6.07 Å². The number of benzene rings is 2. The first-order valence-electron chi connectivity index (χ1n) is 6.64. The Balaban J connectivity index is 1.86. The number of rotatable bonds is 2. The number of aliphatic imine (C=N–C) groups is 1. The number of fused-ring (bicyclic) bond motifs is 1. The molecule has 2 aromatic carbocycles. The van der Waals surface area contributed by atoms with E-state index in [1.807, 2.05) is 18.2 Å². The number of hydrogen-bond donors (Lipinski definition) is 1. The third-order valence-corrected chi connectivity index (χ3v) is 3.31. The maximum atomic E-state index is 9.75.